The predicted octanol–water partition coefficient (Wildman–Crippen LogP) is 2.99. The number of hydrogen-bond donors (Lipinski definition) is 0. The summed E-state index contributed by atoms with van der Waals surface area (Å²) in [6.45, 7) is 1.87. The molecule has 110 valence electrons. The summed E-state index contributed by atoms with van der Waals surface area (Å²) in [7, 11) is 0. The van der Waals surface area contributed by atoms with Gasteiger partial charge in [0.2, 0.25) is 0 Å². The maximum absolute atomic E-state index is 13.5. The zero-order valence-corrected chi connectivity index (χ0v) is 12.3. The molecular formula is C18H11FN4. The van der Waals surface area contributed by atoms with Crippen LogP contribution in [0.3, 0.4) is 0 Å². The van der Waals surface area contributed by atoms with Crippen LogP contribution in [-0.2, 0) is 0 Å². The van der Waals surface area contributed by atoms with E-state index in [1.807, 2.05) is 31.2 Å². The molecule has 0 bridgehead atoms. The van der Waals surface area contributed by atoms with Gasteiger partial charge in [-0.1, -0.05) is 6.07 Å². The Balaban J connectivity index is 1.98. The minimum atomic E-state index is -0.478. The van der Waals surface area contributed by atoms with Crippen LogP contribution in [0.4, 0.5) is 4.39 Å². The van der Waals surface area contributed by atoms with Gasteiger partial charge in [0.1, 0.15) is 17.2 Å². The molecule has 0 unspecified atom stereocenters. The standard InChI is InChI=1S/C18H11FN4/c1-13-12-23(17-9-14(11-20)8-15(19)10-17)22-18(13)6-5-16-4-2-3-7-21-16/h2-4,7-10,12H,1H3. The Morgan fingerprint density at radius 3 is 2.78 bits per heavy atom. The van der Waals surface area contributed by atoms with Crippen molar-refractivity contribution in [2.24, 2.45) is 0 Å². The topological polar surface area (TPSA) is 54.5 Å². The van der Waals surface area contributed by atoms with Gasteiger partial charge in [-0.2, -0.15) is 10.4 Å². The van der Waals surface area contributed by atoms with Crippen LogP contribution in [0.5, 0.6) is 0 Å². The van der Waals surface area contributed by atoms with Crippen LogP contribution in [-0.4, -0.2) is 14.8 Å². The highest BCUT2D eigenvalue weighted by molar-refractivity contribution is 5.44. The molecule has 0 fully saturated rings. The van der Waals surface area contributed by atoms with Gasteiger partial charge >= 0.3 is 0 Å². The van der Waals surface area contributed by atoms with E-state index >= 15 is 0 Å². The lowest BCUT2D eigenvalue weighted by atomic mass is 10.2. The van der Waals surface area contributed by atoms with E-state index in [0.717, 1.165) is 5.56 Å². The van der Waals surface area contributed by atoms with Crippen molar-refractivity contribution in [3.05, 3.63) is 77.1 Å². The smallest absolute Gasteiger partial charge is 0.139 e. The van der Waals surface area contributed by atoms with Crippen LogP contribution >= 0.6 is 0 Å². The van der Waals surface area contributed by atoms with Crippen molar-refractivity contribution in [1.82, 2.24) is 14.8 Å². The molecule has 0 saturated carbocycles. The number of benzene rings is 1. The van der Waals surface area contributed by atoms with Gasteiger partial charge in [0.05, 0.1) is 17.3 Å². The first-order valence-corrected chi connectivity index (χ1v) is 6.86. The summed E-state index contributed by atoms with van der Waals surface area (Å²) in [4.78, 5) is 4.13. The molecule has 0 amide bonds. The van der Waals surface area contributed by atoms with Crippen LogP contribution < -0.4 is 0 Å². The molecular weight excluding hydrogens is 291 g/mol. The Kier molecular flexibility index (Phi) is 3.86. The summed E-state index contributed by atoms with van der Waals surface area (Å²) >= 11 is 0. The number of hydrogen-bond acceptors (Lipinski definition) is 3. The minimum Gasteiger partial charge on any atom is -0.248 e. The van der Waals surface area contributed by atoms with Gasteiger partial charge in [0, 0.05) is 18.0 Å². The SMILES string of the molecule is Cc1cn(-c2cc(F)cc(C#N)c2)nc1C#Cc1ccccn1. The second-order valence-electron chi connectivity index (χ2n) is 4.88. The maximum atomic E-state index is 13.5. The average Bonchev–Trinajstić information content (AvgIpc) is 2.94. The third-order valence-electron chi connectivity index (χ3n) is 3.15. The van der Waals surface area contributed by atoms with Gasteiger partial charge in [-0.3, -0.25) is 0 Å². The third-order valence-corrected chi connectivity index (χ3v) is 3.15. The number of pyridine rings is 1. The molecule has 0 aliphatic rings. The highest BCUT2D eigenvalue weighted by Crippen LogP contribution is 2.15. The summed E-state index contributed by atoms with van der Waals surface area (Å²) in [6.07, 6.45) is 3.42. The normalized spacial score (nSPS) is 9.78. The fourth-order valence-electron chi connectivity index (χ4n) is 2.05. The van der Waals surface area contributed by atoms with Gasteiger partial charge < -0.3 is 0 Å². The first-order chi connectivity index (χ1) is 11.2. The van der Waals surface area contributed by atoms with Crippen LogP contribution in [0.25, 0.3) is 5.69 Å². The maximum Gasteiger partial charge on any atom is 0.139 e. The number of aryl methyl sites for hydroxylation is 1. The van der Waals surface area contributed by atoms with Crippen LogP contribution in [0, 0.1) is 35.9 Å². The average molecular weight is 302 g/mol. The van der Waals surface area contributed by atoms with E-state index < -0.39 is 5.82 Å². The van der Waals surface area contributed by atoms with Crippen molar-refractivity contribution in [2.75, 3.05) is 0 Å². The number of nitrogens with zero attached hydrogens (tertiary/aromatic N) is 4. The number of halogens is 1. The van der Waals surface area contributed by atoms with Gasteiger partial charge in [0.25, 0.3) is 0 Å². The monoisotopic (exact) mass is 302 g/mol. The second-order valence-corrected chi connectivity index (χ2v) is 4.88. The van der Waals surface area contributed by atoms with E-state index in [1.54, 1.807) is 18.5 Å². The highest BCUT2D eigenvalue weighted by atomic mass is 19.1. The van der Waals surface area contributed by atoms with Crippen LogP contribution in [0.15, 0.2) is 48.8 Å². The lowest BCUT2D eigenvalue weighted by Crippen LogP contribution is -1.97. The number of rotatable bonds is 1. The molecule has 3 aromatic rings. The minimum absolute atomic E-state index is 0.245. The molecule has 0 spiro atoms. The first-order valence-electron chi connectivity index (χ1n) is 6.86. The highest BCUT2D eigenvalue weighted by Gasteiger charge is 2.07. The third kappa shape index (κ3) is 3.25. The molecule has 5 heteroatoms. The lowest BCUT2D eigenvalue weighted by Gasteiger charge is -2.01. The van der Waals surface area contributed by atoms with Crippen molar-refractivity contribution in [3.63, 3.8) is 0 Å². The molecule has 4 nitrogen and oxygen atoms in total. The Hall–Kier alpha value is -3.44. The molecule has 2 heterocycles. The van der Waals surface area contributed by atoms with E-state index in [-0.39, 0.29) is 5.56 Å². The van der Waals surface area contributed by atoms with E-state index in [0.29, 0.717) is 17.1 Å². The fraction of sp³-hybridized carbons (Fsp3) is 0.0556. The van der Waals surface area contributed by atoms with E-state index in [4.69, 9.17) is 5.26 Å². The van der Waals surface area contributed by atoms with Crippen LogP contribution in [0.2, 0.25) is 0 Å². The summed E-state index contributed by atoms with van der Waals surface area (Å²) < 4.78 is 15.1. The van der Waals surface area contributed by atoms with Crippen molar-refractivity contribution in [1.29, 1.82) is 5.26 Å². The molecule has 0 saturated heterocycles. The van der Waals surface area contributed by atoms with Gasteiger partial charge in [0.15, 0.2) is 0 Å². The Labute approximate surface area is 132 Å². The van der Waals surface area contributed by atoms with Crippen LogP contribution in [0.1, 0.15) is 22.5 Å². The lowest BCUT2D eigenvalue weighted by molar-refractivity contribution is 0.625. The summed E-state index contributed by atoms with van der Waals surface area (Å²) in [6, 6.07) is 11.5. The van der Waals surface area contributed by atoms with E-state index in [1.165, 1.54) is 16.8 Å². The molecule has 0 aliphatic heterocycles. The molecule has 0 aliphatic carbocycles. The Morgan fingerprint density at radius 2 is 2.04 bits per heavy atom. The van der Waals surface area contributed by atoms with Gasteiger partial charge in [-0.15, -0.1) is 0 Å². The fourth-order valence-corrected chi connectivity index (χ4v) is 2.05. The first kappa shape index (κ1) is 14.5. The molecule has 3 rings (SSSR count). The summed E-state index contributed by atoms with van der Waals surface area (Å²) in [5.74, 6) is 5.42. The summed E-state index contributed by atoms with van der Waals surface area (Å²) in [5.41, 5.74) is 2.82. The van der Waals surface area contributed by atoms with Crippen molar-refractivity contribution >= 4 is 0 Å². The van der Waals surface area contributed by atoms with Crippen molar-refractivity contribution in [2.45, 2.75) is 6.92 Å². The number of aromatic nitrogens is 3. The predicted molar refractivity (Wildman–Crippen MR) is 83.2 cm³/mol. The zero-order chi connectivity index (χ0) is 16.2. The molecule has 0 atom stereocenters. The van der Waals surface area contributed by atoms with E-state index in [2.05, 4.69) is 21.9 Å². The quantitative estimate of drug-likeness (QED) is 0.649. The van der Waals surface area contributed by atoms with Gasteiger partial charge in [-0.25, -0.2) is 14.1 Å². The molecule has 2 aromatic heterocycles. The van der Waals surface area contributed by atoms with E-state index in [9.17, 15) is 4.39 Å². The molecule has 23 heavy (non-hydrogen) atoms. The Bertz CT molecular complexity index is 956. The van der Waals surface area contributed by atoms with Gasteiger partial charge in [-0.05, 0) is 49.1 Å². The Morgan fingerprint density at radius 1 is 1.17 bits per heavy atom. The summed E-state index contributed by atoms with van der Waals surface area (Å²) in [5, 5.41) is 13.3. The molecule has 1 aromatic carbocycles. The van der Waals surface area contributed by atoms with Crippen molar-refractivity contribution < 1.29 is 4.39 Å². The second kappa shape index (κ2) is 6.13. The molecule has 0 N–H and O–H groups in total. The number of nitriles is 1. The molecule has 0 radical (unpaired) electrons. The zero-order valence-electron chi connectivity index (χ0n) is 12.3. The largest absolute Gasteiger partial charge is 0.248 e. The van der Waals surface area contributed by atoms with Crippen molar-refractivity contribution in [3.8, 4) is 23.6 Å².